The van der Waals surface area contributed by atoms with E-state index in [0.717, 1.165) is 23.7 Å². The predicted octanol–water partition coefficient (Wildman–Crippen LogP) is 2.34. The minimum Gasteiger partial charge on any atom is -0.494 e. The van der Waals surface area contributed by atoms with E-state index in [2.05, 4.69) is 5.32 Å². The van der Waals surface area contributed by atoms with E-state index < -0.39 is 0 Å². The molecule has 1 aromatic rings. The summed E-state index contributed by atoms with van der Waals surface area (Å²) in [5.41, 5.74) is 0.441. The summed E-state index contributed by atoms with van der Waals surface area (Å²) in [7, 11) is 1.72. The molecule has 1 fully saturated rings. The van der Waals surface area contributed by atoms with Crippen LogP contribution in [0.15, 0.2) is 24.3 Å². The Balaban J connectivity index is 1.91. The molecule has 20 heavy (non-hydrogen) atoms. The van der Waals surface area contributed by atoms with Crippen LogP contribution in [0.5, 0.6) is 5.75 Å². The topological polar surface area (TPSA) is 47.6 Å². The third kappa shape index (κ3) is 3.67. The van der Waals surface area contributed by atoms with Crippen LogP contribution in [-0.2, 0) is 4.74 Å². The van der Waals surface area contributed by atoms with Gasteiger partial charge in [-0.15, -0.1) is 0 Å². The van der Waals surface area contributed by atoms with Gasteiger partial charge in [0.2, 0.25) is 0 Å². The largest absolute Gasteiger partial charge is 0.494 e. The summed E-state index contributed by atoms with van der Waals surface area (Å²) >= 11 is 1.87. The quantitative estimate of drug-likeness (QED) is 0.875. The fourth-order valence-electron chi connectivity index (χ4n) is 2.17. The molecule has 0 saturated carbocycles. The zero-order valence-corrected chi connectivity index (χ0v) is 12.8. The van der Waals surface area contributed by atoms with E-state index in [4.69, 9.17) is 9.47 Å². The number of amides is 1. The zero-order chi connectivity index (χ0) is 14.4. The Labute approximate surface area is 124 Å². The summed E-state index contributed by atoms with van der Waals surface area (Å²) in [6, 6.07) is 7.19. The van der Waals surface area contributed by atoms with Crippen molar-refractivity contribution in [3.63, 3.8) is 0 Å². The van der Waals surface area contributed by atoms with E-state index in [-0.39, 0.29) is 11.5 Å². The average Bonchev–Trinajstić information content (AvgIpc) is 2.95. The molecule has 5 heteroatoms. The fourth-order valence-corrected chi connectivity index (χ4v) is 3.57. The molecule has 1 aromatic carbocycles. The first-order valence-electron chi connectivity index (χ1n) is 6.83. The maximum absolute atomic E-state index is 12.1. The number of ether oxygens (including phenoxy) is 2. The van der Waals surface area contributed by atoms with Crippen LogP contribution in [-0.4, -0.2) is 43.3 Å². The van der Waals surface area contributed by atoms with Gasteiger partial charge in [0, 0.05) is 25.0 Å². The lowest BCUT2D eigenvalue weighted by atomic mass is 10.0. The lowest BCUT2D eigenvalue weighted by Gasteiger charge is -2.26. The Morgan fingerprint density at radius 1 is 1.40 bits per heavy atom. The lowest BCUT2D eigenvalue weighted by molar-refractivity contribution is 0.0137. The van der Waals surface area contributed by atoms with Crippen molar-refractivity contribution in [2.45, 2.75) is 18.9 Å². The van der Waals surface area contributed by atoms with Crippen molar-refractivity contribution in [3.05, 3.63) is 29.8 Å². The van der Waals surface area contributed by atoms with E-state index in [0.29, 0.717) is 18.7 Å². The van der Waals surface area contributed by atoms with Crippen LogP contribution in [0.25, 0.3) is 0 Å². The molecular weight excluding hydrogens is 274 g/mol. The standard InChI is InChI=1S/C15H21NO3S/c1-3-19-13-6-4-12(5-7-13)14(17)16-10-15(18-2)8-9-20-11-15/h4-7H,3,8-11H2,1-2H3,(H,16,17). The van der Waals surface area contributed by atoms with Gasteiger partial charge in [0.15, 0.2) is 0 Å². The second-order valence-corrected chi connectivity index (χ2v) is 5.93. The first-order chi connectivity index (χ1) is 9.69. The Morgan fingerprint density at radius 2 is 2.15 bits per heavy atom. The Morgan fingerprint density at radius 3 is 2.70 bits per heavy atom. The molecule has 0 bridgehead atoms. The van der Waals surface area contributed by atoms with Crippen molar-refractivity contribution in [1.29, 1.82) is 0 Å². The molecule has 2 rings (SSSR count). The highest BCUT2D eigenvalue weighted by Crippen LogP contribution is 2.30. The minimum absolute atomic E-state index is 0.0682. The third-order valence-corrected chi connectivity index (χ3v) is 4.72. The molecule has 1 saturated heterocycles. The van der Waals surface area contributed by atoms with Crippen molar-refractivity contribution >= 4 is 17.7 Å². The number of hydrogen-bond acceptors (Lipinski definition) is 4. The van der Waals surface area contributed by atoms with Crippen LogP contribution in [0.4, 0.5) is 0 Å². The SMILES string of the molecule is CCOc1ccc(C(=O)NCC2(OC)CCSC2)cc1. The molecular formula is C15H21NO3S. The molecule has 1 amide bonds. The maximum atomic E-state index is 12.1. The summed E-state index contributed by atoms with van der Waals surface area (Å²) in [5, 5.41) is 2.97. The number of carbonyl (C=O) groups is 1. The molecule has 110 valence electrons. The van der Waals surface area contributed by atoms with E-state index in [1.165, 1.54) is 0 Å². The van der Waals surface area contributed by atoms with Crippen molar-refractivity contribution in [3.8, 4) is 5.75 Å². The molecule has 1 aliphatic heterocycles. The summed E-state index contributed by atoms with van der Waals surface area (Å²) in [6.07, 6.45) is 0.984. The van der Waals surface area contributed by atoms with E-state index in [1.54, 1.807) is 19.2 Å². The molecule has 4 nitrogen and oxygen atoms in total. The Kier molecular flexibility index (Phi) is 5.31. The van der Waals surface area contributed by atoms with Gasteiger partial charge < -0.3 is 14.8 Å². The smallest absolute Gasteiger partial charge is 0.251 e. The van der Waals surface area contributed by atoms with Crippen LogP contribution < -0.4 is 10.1 Å². The monoisotopic (exact) mass is 295 g/mol. The van der Waals surface area contributed by atoms with E-state index in [1.807, 2.05) is 30.8 Å². The van der Waals surface area contributed by atoms with Crippen LogP contribution in [0.3, 0.4) is 0 Å². The fraction of sp³-hybridized carbons (Fsp3) is 0.533. The molecule has 0 aromatic heterocycles. The first kappa shape index (κ1) is 15.2. The van der Waals surface area contributed by atoms with Gasteiger partial charge in [0.05, 0.1) is 12.2 Å². The van der Waals surface area contributed by atoms with Crippen molar-refractivity contribution in [1.82, 2.24) is 5.32 Å². The second kappa shape index (κ2) is 6.99. The zero-order valence-electron chi connectivity index (χ0n) is 12.0. The van der Waals surface area contributed by atoms with Crippen LogP contribution in [0, 0.1) is 0 Å². The molecule has 0 radical (unpaired) electrons. The van der Waals surface area contributed by atoms with Gasteiger partial charge in [-0.25, -0.2) is 0 Å². The van der Waals surface area contributed by atoms with Crippen LogP contribution in [0.1, 0.15) is 23.7 Å². The van der Waals surface area contributed by atoms with Gasteiger partial charge in [0.25, 0.3) is 5.91 Å². The summed E-state index contributed by atoms with van der Waals surface area (Å²) in [5.74, 6) is 2.74. The number of hydrogen-bond donors (Lipinski definition) is 1. The second-order valence-electron chi connectivity index (χ2n) is 4.83. The summed E-state index contributed by atoms with van der Waals surface area (Å²) in [6.45, 7) is 3.12. The average molecular weight is 295 g/mol. The van der Waals surface area contributed by atoms with Crippen molar-refractivity contribution in [2.24, 2.45) is 0 Å². The van der Waals surface area contributed by atoms with Gasteiger partial charge in [0.1, 0.15) is 5.75 Å². The predicted molar refractivity (Wildman–Crippen MR) is 81.6 cm³/mol. The third-order valence-electron chi connectivity index (χ3n) is 3.50. The molecule has 1 aliphatic rings. The van der Waals surface area contributed by atoms with Crippen LogP contribution in [0.2, 0.25) is 0 Å². The number of benzene rings is 1. The summed E-state index contributed by atoms with van der Waals surface area (Å²) in [4.78, 5) is 12.1. The van der Waals surface area contributed by atoms with Gasteiger partial charge >= 0.3 is 0 Å². The van der Waals surface area contributed by atoms with E-state index in [9.17, 15) is 4.79 Å². The number of methoxy groups -OCH3 is 1. The number of rotatable bonds is 6. The van der Waals surface area contributed by atoms with Crippen molar-refractivity contribution < 1.29 is 14.3 Å². The molecule has 1 atom stereocenters. The van der Waals surface area contributed by atoms with Gasteiger partial charge in [-0.1, -0.05) is 0 Å². The highest BCUT2D eigenvalue weighted by molar-refractivity contribution is 7.99. The van der Waals surface area contributed by atoms with E-state index >= 15 is 0 Å². The van der Waals surface area contributed by atoms with Gasteiger partial charge in [-0.3, -0.25) is 4.79 Å². The number of thioether (sulfide) groups is 1. The van der Waals surface area contributed by atoms with Gasteiger partial charge in [-0.2, -0.15) is 11.8 Å². The lowest BCUT2D eigenvalue weighted by Crippen LogP contribution is -2.44. The molecule has 1 N–H and O–H groups in total. The van der Waals surface area contributed by atoms with Crippen molar-refractivity contribution in [2.75, 3.05) is 31.8 Å². The van der Waals surface area contributed by atoms with Crippen LogP contribution >= 0.6 is 11.8 Å². The molecule has 1 heterocycles. The molecule has 1 unspecified atom stereocenters. The van der Waals surface area contributed by atoms with Gasteiger partial charge in [-0.05, 0) is 43.4 Å². The maximum Gasteiger partial charge on any atom is 0.251 e. The number of nitrogens with one attached hydrogen (secondary N) is 1. The number of carbonyl (C=O) groups excluding carboxylic acids is 1. The Hall–Kier alpha value is -1.20. The highest BCUT2D eigenvalue weighted by Gasteiger charge is 2.34. The highest BCUT2D eigenvalue weighted by atomic mass is 32.2. The Bertz CT molecular complexity index is 441. The summed E-state index contributed by atoms with van der Waals surface area (Å²) < 4.78 is 10.9. The molecule has 0 spiro atoms. The normalized spacial score (nSPS) is 21.7. The molecule has 0 aliphatic carbocycles. The minimum atomic E-state index is -0.203. The first-order valence-corrected chi connectivity index (χ1v) is 7.98.